The average Bonchev–Trinajstić information content (AvgIpc) is 2.11. The molecule has 0 aliphatic heterocycles. The van der Waals surface area contributed by atoms with E-state index in [-0.39, 0.29) is 16.6 Å². The normalized spacial score (nSPS) is 17.1. The maximum absolute atomic E-state index is 12.8. The van der Waals surface area contributed by atoms with Crippen molar-refractivity contribution >= 4 is 15.7 Å². The van der Waals surface area contributed by atoms with Gasteiger partial charge in [0, 0.05) is 6.04 Å². The molecule has 88 valence electrons. The maximum atomic E-state index is 12.8. The molecule has 0 unspecified atom stereocenters. The number of benzene rings is 1. The van der Waals surface area contributed by atoms with Gasteiger partial charge in [0.25, 0.3) is 0 Å². The van der Waals surface area contributed by atoms with Gasteiger partial charge in [-0.15, -0.1) is 0 Å². The average molecular weight is 244 g/mol. The van der Waals surface area contributed by atoms with Crippen LogP contribution < -0.4 is 10.5 Å². The summed E-state index contributed by atoms with van der Waals surface area (Å²) in [5.41, 5.74) is 5.42. The predicted molar refractivity (Wildman–Crippen MR) is 58.8 cm³/mol. The van der Waals surface area contributed by atoms with E-state index in [1.54, 1.807) is 0 Å². The highest BCUT2D eigenvalue weighted by atomic mass is 32.2. The number of sulfonamides is 1. The molecule has 0 heterocycles. The fourth-order valence-corrected chi connectivity index (χ4v) is 2.99. The smallest absolute Gasteiger partial charge is 0.242 e. The summed E-state index contributed by atoms with van der Waals surface area (Å²) in [5.74, 6) is -0.542. The monoisotopic (exact) mass is 244 g/mol. The SMILES string of the molecule is Nc1cc(F)ccc1S(=O)(=O)NC1CCC1. The van der Waals surface area contributed by atoms with E-state index in [1.165, 1.54) is 6.07 Å². The van der Waals surface area contributed by atoms with Crippen LogP contribution in [0.5, 0.6) is 0 Å². The Morgan fingerprint density at radius 2 is 2.06 bits per heavy atom. The van der Waals surface area contributed by atoms with Gasteiger partial charge in [-0.1, -0.05) is 6.42 Å². The number of halogens is 1. The Balaban J connectivity index is 2.27. The third-order valence-corrected chi connectivity index (χ3v) is 4.28. The van der Waals surface area contributed by atoms with Crippen LogP contribution in [0.2, 0.25) is 0 Å². The van der Waals surface area contributed by atoms with Crippen LogP contribution in [0.4, 0.5) is 10.1 Å². The Morgan fingerprint density at radius 3 is 2.56 bits per heavy atom. The largest absolute Gasteiger partial charge is 0.398 e. The quantitative estimate of drug-likeness (QED) is 0.786. The minimum absolute atomic E-state index is 0.00514. The number of anilines is 1. The van der Waals surface area contributed by atoms with Crippen LogP contribution in [-0.4, -0.2) is 14.5 Å². The van der Waals surface area contributed by atoms with Crippen molar-refractivity contribution < 1.29 is 12.8 Å². The number of rotatable bonds is 3. The van der Waals surface area contributed by atoms with Crippen molar-refractivity contribution in [2.75, 3.05) is 5.73 Å². The molecule has 0 bridgehead atoms. The van der Waals surface area contributed by atoms with Crippen LogP contribution in [0.3, 0.4) is 0 Å². The fourth-order valence-electron chi connectivity index (χ4n) is 1.57. The van der Waals surface area contributed by atoms with Crippen LogP contribution >= 0.6 is 0 Å². The van der Waals surface area contributed by atoms with Gasteiger partial charge >= 0.3 is 0 Å². The molecular weight excluding hydrogens is 231 g/mol. The molecule has 0 aromatic heterocycles. The third kappa shape index (κ3) is 2.17. The van der Waals surface area contributed by atoms with E-state index in [4.69, 9.17) is 5.73 Å². The molecule has 2 rings (SSSR count). The summed E-state index contributed by atoms with van der Waals surface area (Å²) < 4.78 is 39.0. The molecule has 1 fully saturated rings. The van der Waals surface area contributed by atoms with Crippen LogP contribution in [-0.2, 0) is 10.0 Å². The Kier molecular flexibility index (Phi) is 2.86. The van der Waals surface area contributed by atoms with Crippen molar-refractivity contribution in [3.63, 3.8) is 0 Å². The van der Waals surface area contributed by atoms with Gasteiger partial charge in [0.2, 0.25) is 10.0 Å². The summed E-state index contributed by atoms with van der Waals surface area (Å²) >= 11 is 0. The molecular formula is C10H13FN2O2S. The number of nitrogen functional groups attached to an aromatic ring is 1. The molecule has 16 heavy (non-hydrogen) atoms. The minimum atomic E-state index is -3.61. The van der Waals surface area contributed by atoms with E-state index in [9.17, 15) is 12.8 Å². The first kappa shape index (κ1) is 11.3. The molecule has 1 aromatic rings. The van der Waals surface area contributed by atoms with Crippen molar-refractivity contribution in [2.24, 2.45) is 0 Å². The van der Waals surface area contributed by atoms with Gasteiger partial charge < -0.3 is 5.73 Å². The van der Waals surface area contributed by atoms with Crippen LogP contribution in [0.1, 0.15) is 19.3 Å². The molecule has 1 saturated carbocycles. The molecule has 1 aromatic carbocycles. The zero-order valence-corrected chi connectivity index (χ0v) is 9.43. The topological polar surface area (TPSA) is 72.2 Å². The molecule has 0 spiro atoms. The molecule has 0 amide bonds. The van der Waals surface area contributed by atoms with Gasteiger partial charge in [0.05, 0.1) is 5.69 Å². The molecule has 6 heteroatoms. The number of hydrogen-bond donors (Lipinski definition) is 2. The molecule has 1 aliphatic rings. The second-order valence-corrected chi connectivity index (χ2v) is 5.61. The molecule has 0 atom stereocenters. The summed E-state index contributed by atoms with van der Waals surface area (Å²) in [5, 5.41) is 0. The first-order chi connectivity index (χ1) is 7.49. The first-order valence-electron chi connectivity index (χ1n) is 5.06. The highest BCUT2D eigenvalue weighted by Gasteiger charge is 2.25. The molecule has 3 N–H and O–H groups in total. The molecule has 0 radical (unpaired) electrons. The van der Waals surface area contributed by atoms with E-state index in [0.29, 0.717) is 0 Å². The highest BCUT2D eigenvalue weighted by molar-refractivity contribution is 7.89. The van der Waals surface area contributed by atoms with Crippen LogP contribution in [0, 0.1) is 5.82 Å². The van der Waals surface area contributed by atoms with E-state index in [1.807, 2.05) is 0 Å². The van der Waals surface area contributed by atoms with Crippen molar-refractivity contribution in [3.05, 3.63) is 24.0 Å². The summed E-state index contributed by atoms with van der Waals surface area (Å²) in [6, 6.07) is 3.28. The van der Waals surface area contributed by atoms with E-state index in [2.05, 4.69) is 4.72 Å². The van der Waals surface area contributed by atoms with Gasteiger partial charge in [-0.25, -0.2) is 17.5 Å². The third-order valence-electron chi connectivity index (χ3n) is 2.69. The Labute approximate surface area is 93.7 Å². The second-order valence-electron chi connectivity index (χ2n) is 3.93. The lowest BCUT2D eigenvalue weighted by molar-refractivity contribution is 0.383. The van der Waals surface area contributed by atoms with Gasteiger partial charge in [0.1, 0.15) is 10.7 Å². The zero-order chi connectivity index (χ0) is 11.8. The lowest BCUT2D eigenvalue weighted by atomic mass is 9.94. The van der Waals surface area contributed by atoms with Crippen molar-refractivity contribution in [3.8, 4) is 0 Å². The van der Waals surface area contributed by atoms with Crippen molar-refractivity contribution in [2.45, 2.75) is 30.2 Å². The standard InChI is InChI=1S/C10H13FN2O2S/c11-7-4-5-10(9(12)6-7)16(14,15)13-8-2-1-3-8/h4-6,8,13H,1-3,12H2. The predicted octanol–water partition coefficient (Wildman–Crippen LogP) is 1.24. The van der Waals surface area contributed by atoms with Gasteiger partial charge in [0.15, 0.2) is 0 Å². The van der Waals surface area contributed by atoms with Gasteiger partial charge in [-0.3, -0.25) is 0 Å². The Bertz CT molecular complexity index is 498. The number of hydrogen-bond acceptors (Lipinski definition) is 3. The Morgan fingerprint density at radius 1 is 1.38 bits per heavy atom. The second kappa shape index (κ2) is 4.03. The minimum Gasteiger partial charge on any atom is -0.398 e. The summed E-state index contributed by atoms with van der Waals surface area (Å²) in [4.78, 5) is -0.0548. The maximum Gasteiger partial charge on any atom is 0.242 e. The van der Waals surface area contributed by atoms with E-state index < -0.39 is 15.8 Å². The highest BCUT2D eigenvalue weighted by Crippen LogP contribution is 2.24. The fraction of sp³-hybridized carbons (Fsp3) is 0.400. The van der Waals surface area contributed by atoms with Crippen molar-refractivity contribution in [1.82, 2.24) is 4.72 Å². The zero-order valence-electron chi connectivity index (χ0n) is 8.61. The van der Waals surface area contributed by atoms with E-state index >= 15 is 0 Å². The summed E-state index contributed by atoms with van der Waals surface area (Å²) in [6.07, 6.45) is 2.73. The molecule has 1 aliphatic carbocycles. The van der Waals surface area contributed by atoms with Crippen LogP contribution in [0.15, 0.2) is 23.1 Å². The summed E-state index contributed by atoms with van der Waals surface area (Å²) in [6.45, 7) is 0. The van der Waals surface area contributed by atoms with Crippen LogP contribution in [0.25, 0.3) is 0 Å². The number of nitrogens with two attached hydrogens (primary N) is 1. The van der Waals surface area contributed by atoms with Gasteiger partial charge in [-0.2, -0.15) is 0 Å². The van der Waals surface area contributed by atoms with Crippen molar-refractivity contribution in [1.29, 1.82) is 0 Å². The summed E-state index contributed by atoms with van der Waals surface area (Å²) in [7, 11) is -3.61. The molecule has 4 nitrogen and oxygen atoms in total. The number of nitrogens with one attached hydrogen (secondary N) is 1. The lowest BCUT2D eigenvalue weighted by Crippen LogP contribution is -2.39. The van der Waals surface area contributed by atoms with E-state index in [0.717, 1.165) is 31.4 Å². The molecule has 0 saturated heterocycles. The van der Waals surface area contributed by atoms with Gasteiger partial charge in [-0.05, 0) is 31.0 Å². The lowest BCUT2D eigenvalue weighted by Gasteiger charge is -2.26. The first-order valence-corrected chi connectivity index (χ1v) is 6.55. The Hall–Kier alpha value is -1.14.